The number of rotatable bonds is 8. The summed E-state index contributed by atoms with van der Waals surface area (Å²) in [7, 11) is 3.36. The van der Waals surface area contributed by atoms with E-state index >= 15 is 0 Å². The molecule has 2 rings (SSSR count). The van der Waals surface area contributed by atoms with Crippen LogP contribution in [0, 0.1) is 6.92 Å². The number of thiophene rings is 1. The van der Waals surface area contributed by atoms with E-state index < -0.39 is 0 Å². The largest absolute Gasteiger partial charge is 0.497 e. The lowest BCUT2D eigenvalue weighted by molar-refractivity contribution is 0.398. The Morgan fingerprint density at radius 2 is 1.96 bits per heavy atom. The van der Waals surface area contributed by atoms with Gasteiger partial charge in [-0.3, -0.25) is 0 Å². The number of hydrogen-bond acceptors (Lipinski definition) is 4. The first kappa shape index (κ1) is 19.1. The van der Waals surface area contributed by atoms with E-state index in [4.69, 9.17) is 9.47 Å². The van der Waals surface area contributed by atoms with Gasteiger partial charge in [-0.15, -0.1) is 11.3 Å². The van der Waals surface area contributed by atoms with Gasteiger partial charge in [0.25, 0.3) is 0 Å². The van der Waals surface area contributed by atoms with Gasteiger partial charge in [-0.1, -0.05) is 0 Å². The topological polar surface area (TPSA) is 54.9 Å². The van der Waals surface area contributed by atoms with Crippen LogP contribution in [0.5, 0.6) is 11.5 Å². The predicted molar refractivity (Wildman–Crippen MR) is 105 cm³/mol. The first-order valence-corrected chi connectivity index (χ1v) is 9.26. The summed E-state index contributed by atoms with van der Waals surface area (Å²) < 4.78 is 10.7. The van der Waals surface area contributed by atoms with Crippen molar-refractivity contribution in [2.24, 2.45) is 4.99 Å². The Kier molecular flexibility index (Phi) is 7.60. The molecule has 0 radical (unpaired) electrons. The molecule has 6 heteroatoms. The van der Waals surface area contributed by atoms with Crippen LogP contribution in [0.2, 0.25) is 0 Å². The zero-order valence-corrected chi connectivity index (χ0v) is 16.2. The number of guanidine groups is 1. The zero-order valence-electron chi connectivity index (χ0n) is 15.4. The minimum atomic E-state index is 0.691. The van der Waals surface area contributed by atoms with Crippen molar-refractivity contribution in [2.45, 2.75) is 26.8 Å². The normalized spacial score (nSPS) is 11.3. The van der Waals surface area contributed by atoms with Crippen molar-refractivity contribution in [1.82, 2.24) is 10.6 Å². The van der Waals surface area contributed by atoms with Gasteiger partial charge in [-0.2, -0.15) is 0 Å². The number of benzene rings is 1. The summed E-state index contributed by atoms with van der Waals surface area (Å²) in [6, 6.07) is 10.1. The smallest absolute Gasteiger partial charge is 0.191 e. The van der Waals surface area contributed by atoms with E-state index in [2.05, 4.69) is 41.6 Å². The maximum Gasteiger partial charge on any atom is 0.191 e. The second-order valence-electron chi connectivity index (χ2n) is 5.56. The summed E-state index contributed by atoms with van der Waals surface area (Å²) in [4.78, 5) is 7.23. The van der Waals surface area contributed by atoms with E-state index in [9.17, 15) is 0 Å². The van der Waals surface area contributed by atoms with Crippen molar-refractivity contribution in [3.8, 4) is 11.5 Å². The number of nitrogens with zero attached hydrogens (tertiary/aromatic N) is 1. The number of methoxy groups -OCH3 is 2. The summed E-state index contributed by atoms with van der Waals surface area (Å²) in [5.74, 6) is 2.54. The van der Waals surface area contributed by atoms with Gasteiger partial charge in [0, 0.05) is 22.8 Å². The molecule has 0 saturated carbocycles. The van der Waals surface area contributed by atoms with Gasteiger partial charge in [-0.05, 0) is 56.2 Å². The fourth-order valence-corrected chi connectivity index (χ4v) is 3.28. The molecule has 0 aliphatic heterocycles. The fraction of sp³-hybridized carbons (Fsp3) is 0.421. The van der Waals surface area contributed by atoms with E-state index in [-0.39, 0.29) is 0 Å². The third kappa shape index (κ3) is 5.98. The third-order valence-corrected chi connectivity index (χ3v) is 4.69. The molecule has 0 bridgehead atoms. The lowest BCUT2D eigenvalue weighted by Crippen LogP contribution is -2.38. The average molecular weight is 362 g/mol. The van der Waals surface area contributed by atoms with Crippen LogP contribution in [-0.2, 0) is 13.0 Å². The van der Waals surface area contributed by atoms with Crippen molar-refractivity contribution in [1.29, 1.82) is 0 Å². The van der Waals surface area contributed by atoms with Gasteiger partial charge in [-0.25, -0.2) is 4.99 Å². The van der Waals surface area contributed by atoms with Crippen molar-refractivity contribution in [2.75, 3.05) is 27.3 Å². The number of aliphatic imine (C=N–C) groups is 1. The second-order valence-corrected chi connectivity index (χ2v) is 6.93. The van der Waals surface area contributed by atoms with Gasteiger partial charge in [0.05, 0.1) is 20.8 Å². The number of nitrogens with one attached hydrogen (secondary N) is 2. The van der Waals surface area contributed by atoms with Gasteiger partial charge in [0.15, 0.2) is 5.96 Å². The summed E-state index contributed by atoms with van der Waals surface area (Å²) in [5, 5.41) is 6.67. The molecule has 0 unspecified atom stereocenters. The molecule has 1 aromatic carbocycles. The molecule has 2 aromatic rings. The first-order valence-electron chi connectivity index (χ1n) is 8.44. The lowest BCUT2D eigenvalue weighted by atomic mass is 10.1. The highest BCUT2D eigenvalue weighted by Crippen LogP contribution is 2.24. The van der Waals surface area contributed by atoms with Crippen molar-refractivity contribution in [3.63, 3.8) is 0 Å². The molecule has 1 heterocycles. The molecule has 0 amide bonds. The Morgan fingerprint density at radius 1 is 1.12 bits per heavy atom. The van der Waals surface area contributed by atoms with Gasteiger partial charge in [0.2, 0.25) is 0 Å². The summed E-state index contributed by atoms with van der Waals surface area (Å²) in [5.41, 5.74) is 1.11. The SMILES string of the molecule is CCNC(=NCc1ccc(C)s1)NCCc1cc(OC)ccc1OC. The number of aryl methyl sites for hydroxylation is 1. The van der Waals surface area contributed by atoms with Crippen LogP contribution in [0.1, 0.15) is 22.2 Å². The maximum absolute atomic E-state index is 5.43. The Bertz CT molecular complexity index is 698. The van der Waals surface area contributed by atoms with Crippen LogP contribution in [0.25, 0.3) is 0 Å². The maximum atomic E-state index is 5.43. The zero-order chi connectivity index (χ0) is 18.1. The Morgan fingerprint density at radius 3 is 2.60 bits per heavy atom. The highest BCUT2D eigenvalue weighted by molar-refractivity contribution is 7.11. The highest BCUT2D eigenvalue weighted by Gasteiger charge is 2.06. The molecule has 0 saturated heterocycles. The monoisotopic (exact) mass is 361 g/mol. The quantitative estimate of drug-likeness (QED) is 0.559. The molecule has 5 nitrogen and oxygen atoms in total. The molecule has 0 aliphatic carbocycles. The third-order valence-electron chi connectivity index (χ3n) is 3.71. The second kappa shape index (κ2) is 9.93. The van der Waals surface area contributed by atoms with E-state index in [1.807, 2.05) is 18.2 Å². The Balaban J connectivity index is 1.94. The molecule has 0 aliphatic rings. The summed E-state index contributed by atoms with van der Waals surface area (Å²) in [6.45, 7) is 6.47. The molecule has 1 aromatic heterocycles. The molecular formula is C19H27N3O2S. The average Bonchev–Trinajstić information content (AvgIpc) is 3.04. The van der Waals surface area contributed by atoms with Crippen LogP contribution < -0.4 is 20.1 Å². The van der Waals surface area contributed by atoms with Gasteiger partial charge >= 0.3 is 0 Å². The summed E-state index contributed by atoms with van der Waals surface area (Å²) >= 11 is 1.78. The van der Waals surface area contributed by atoms with E-state index in [0.29, 0.717) is 6.54 Å². The number of ether oxygens (including phenoxy) is 2. The minimum Gasteiger partial charge on any atom is -0.497 e. The lowest BCUT2D eigenvalue weighted by Gasteiger charge is -2.13. The highest BCUT2D eigenvalue weighted by atomic mass is 32.1. The van der Waals surface area contributed by atoms with E-state index in [1.165, 1.54) is 9.75 Å². The van der Waals surface area contributed by atoms with Crippen LogP contribution in [0.4, 0.5) is 0 Å². The minimum absolute atomic E-state index is 0.691. The standard InChI is InChI=1S/C19H27N3O2S/c1-5-20-19(22-13-17-8-6-14(2)25-17)21-11-10-15-12-16(23-3)7-9-18(15)24-4/h6-9,12H,5,10-11,13H2,1-4H3,(H2,20,21,22). The van der Waals surface area contributed by atoms with Crippen LogP contribution in [0.3, 0.4) is 0 Å². The van der Waals surface area contributed by atoms with Crippen molar-refractivity contribution < 1.29 is 9.47 Å². The Hall–Kier alpha value is -2.21. The fourth-order valence-electron chi connectivity index (χ4n) is 2.46. The van der Waals surface area contributed by atoms with Crippen LogP contribution in [0.15, 0.2) is 35.3 Å². The Labute approximate surface area is 154 Å². The molecular weight excluding hydrogens is 334 g/mol. The first-order chi connectivity index (χ1) is 12.2. The predicted octanol–water partition coefficient (Wildman–Crippen LogP) is 3.37. The molecule has 136 valence electrons. The van der Waals surface area contributed by atoms with E-state index in [0.717, 1.165) is 42.5 Å². The molecule has 2 N–H and O–H groups in total. The van der Waals surface area contributed by atoms with Gasteiger partial charge < -0.3 is 20.1 Å². The van der Waals surface area contributed by atoms with Gasteiger partial charge in [0.1, 0.15) is 11.5 Å². The van der Waals surface area contributed by atoms with Crippen molar-refractivity contribution >= 4 is 17.3 Å². The molecule has 0 fully saturated rings. The molecule has 0 spiro atoms. The number of hydrogen-bond donors (Lipinski definition) is 2. The van der Waals surface area contributed by atoms with Crippen LogP contribution in [-0.4, -0.2) is 33.3 Å². The van der Waals surface area contributed by atoms with Crippen molar-refractivity contribution in [3.05, 3.63) is 45.6 Å². The van der Waals surface area contributed by atoms with E-state index in [1.54, 1.807) is 25.6 Å². The molecule has 25 heavy (non-hydrogen) atoms. The summed E-state index contributed by atoms with van der Waals surface area (Å²) in [6.07, 6.45) is 0.822. The van der Waals surface area contributed by atoms with Crippen LogP contribution >= 0.6 is 11.3 Å². The molecule has 0 atom stereocenters.